The van der Waals surface area contributed by atoms with E-state index in [0.29, 0.717) is 12.5 Å². The molecule has 6 heteroatoms. The summed E-state index contributed by atoms with van der Waals surface area (Å²) < 4.78 is 5.73. The Morgan fingerprint density at radius 3 is 3.00 bits per heavy atom. The molecule has 2 heterocycles. The zero-order valence-electron chi connectivity index (χ0n) is 15.8. The minimum absolute atomic E-state index is 0.0165. The second kappa shape index (κ2) is 7.82. The van der Waals surface area contributed by atoms with Gasteiger partial charge in [-0.1, -0.05) is 25.1 Å². The molecule has 0 unspecified atom stereocenters. The van der Waals surface area contributed by atoms with Crippen molar-refractivity contribution in [3.8, 4) is 5.75 Å². The van der Waals surface area contributed by atoms with Crippen LogP contribution in [-0.4, -0.2) is 23.1 Å². The third-order valence-electron chi connectivity index (χ3n) is 5.27. The summed E-state index contributed by atoms with van der Waals surface area (Å²) in [5.74, 6) is 2.32. The van der Waals surface area contributed by atoms with E-state index in [9.17, 15) is 4.79 Å². The number of aryl methyl sites for hydroxylation is 1. The highest BCUT2D eigenvalue weighted by Crippen LogP contribution is 2.35. The van der Waals surface area contributed by atoms with Crippen molar-refractivity contribution in [1.82, 2.24) is 9.97 Å². The predicted molar refractivity (Wildman–Crippen MR) is 109 cm³/mol. The van der Waals surface area contributed by atoms with Gasteiger partial charge in [-0.15, -0.1) is 11.3 Å². The molecule has 0 spiro atoms. The molecule has 0 aliphatic heterocycles. The molecule has 1 aliphatic carbocycles. The Hall–Kier alpha value is -2.18. The molecule has 4 rings (SSSR count). The number of ether oxygens (including phenoxy) is 1. The Labute approximate surface area is 162 Å². The van der Waals surface area contributed by atoms with E-state index in [-0.39, 0.29) is 11.6 Å². The van der Waals surface area contributed by atoms with Crippen LogP contribution in [0.1, 0.15) is 42.6 Å². The van der Waals surface area contributed by atoms with Crippen LogP contribution >= 0.6 is 11.3 Å². The number of nitrogens with one attached hydrogen (secondary N) is 1. The normalized spacial score (nSPS) is 17.6. The topological polar surface area (TPSA) is 71.6 Å². The maximum Gasteiger partial charge on any atom is 0.260 e. The molecule has 1 aromatic carbocycles. The highest BCUT2D eigenvalue weighted by Gasteiger charge is 2.24. The van der Waals surface area contributed by atoms with Crippen molar-refractivity contribution < 1.29 is 10.1 Å². The molecule has 0 saturated carbocycles. The molecule has 3 N–H and O–H groups in total. The van der Waals surface area contributed by atoms with Gasteiger partial charge in [-0.25, -0.2) is 4.98 Å². The molecule has 0 bridgehead atoms. The second-order valence-electron chi connectivity index (χ2n) is 7.46. The van der Waals surface area contributed by atoms with E-state index in [0.717, 1.165) is 47.6 Å². The first-order chi connectivity index (χ1) is 13.1. The Bertz CT molecular complexity index is 980. The van der Waals surface area contributed by atoms with Crippen LogP contribution in [0.25, 0.3) is 10.2 Å². The number of nitrogens with zero attached hydrogens (tertiary/aromatic N) is 1. The minimum Gasteiger partial charge on any atom is -0.488 e. The third kappa shape index (κ3) is 3.92. The van der Waals surface area contributed by atoms with Crippen molar-refractivity contribution in [3.63, 3.8) is 0 Å². The number of rotatable bonds is 6. The van der Waals surface area contributed by atoms with Crippen LogP contribution in [0.4, 0.5) is 0 Å². The van der Waals surface area contributed by atoms with Crippen LogP contribution in [0.5, 0.6) is 5.75 Å². The maximum atomic E-state index is 12.7. The number of hydrogen-bond donors (Lipinski definition) is 2. The predicted octanol–water partition coefficient (Wildman–Crippen LogP) is 2.81. The molecule has 3 aromatic rings. The van der Waals surface area contributed by atoms with Crippen molar-refractivity contribution >= 4 is 21.6 Å². The van der Waals surface area contributed by atoms with E-state index < -0.39 is 0 Å². The Morgan fingerprint density at radius 2 is 2.19 bits per heavy atom. The summed E-state index contributed by atoms with van der Waals surface area (Å²) in [4.78, 5) is 22.8. The summed E-state index contributed by atoms with van der Waals surface area (Å²) in [5.41, 5.74) is 1.25. The van der Waals surface area contributed by atoms with Gasteiger partial charge in [0.2, 0.25) is 0 Å². The molecule has 2 aromatic heterocycles. The first kappa shape index (κ1) is 18.2. The number of para-hydroxylation sites is 1. The fourth-order valence-corrected chi connectivity index (χ4v) is 5.09. The van der Waals surface area contributed by atoms with E-state index in [1.807, 2.05) is 30.3 Å². The van der Waals surface area contributed by atoms with Crippen LogP contribution in [-0.2, 0) is 12.8 Å². The van der Waals surface area contributed by atoms with Gasteiger partial charge in [0.05, 0.1) is 5.39 Å². The molecular formula is C21H26N3O2S+. The fraction of sp³-hybridized carbons (Fsp3) is 0.429. The standard InChI is InChI=1S/C21H25N3O2S/c1-13-8-9-16-17(12-13)27-21-18(16)20(25)23-19(24-21)14(2)22-10-11-26-15-6-4-3-5-7-15/h3-7,13-14,22H,8-12H2,1-2H3,(H,23,24,25)/p+1/t13-,14+/m1/s1. The van der Waals surface area contributed by atoms with Crippen molar-refractivity contribution in [2.75, 3.05) is 13.2 Å². The highest BCUT2D eigenvalue weighted by atomic mass is 32.1. The SMILES string of the molecule is C[C@@H]1CCc2c(sc3nc([C@H](C)[NH2+]CCOc4ccccc4)[nH]c(=O)c23)C1. The number of hydrogen-bond acceptors (Lipinski definition) is 4. The molecule has 0 radical (unpaired) electrons. The average Bonchev–Trinajstić information content (AvgIpc) is 3.03. The summed E-state index contributed by atoms with van der Waals surface area (Å²) in [5, 5.41) is 2.98. The van der Waals surface area contributed by atoms with Crippen molar-refractivity contribution in [2.24, 2.45) is 5.92 Å². The Balaban J connectivity index is 1.44. The van der Waals surface area contributed by atoms with Crippen molar-refractivity contribution in [2.45, 2.75) is 39.2 Å². The van der Waals surface area contributed by atoms with Gasteiger partial charge >= 0.3 is 0 Å². The maximum absolute atomic E-state index is 12.7. The van der Waals surface area contributed by atoms with Gasteiger partial charge in [-0.2, -0.15) is 0 Å². The monoisotopic (exact) mass is 384 g/mol. The number of thiophene rings is 1. The fourth-order valence-electron chi connectivity index (χ4n) is 3.70. The number of aromatic amines is 1. The summed E-state index contributed by atoms with van der Waals surface area (Å²) >= 11 is 1.71. The summed E-state index contributed by atoms with van der Waals surface area (Å²) in [7, 11) is 0. The molecule has 2 atom stereocenters. The van der Waals surface area contributed by atoms with E-state index in [2.05, 4.69) is 24.1 Å². The first-order valence-electron chi connectivity index (χ1n) is 9.67. The quantitative estimate of drug-likeness (QED) is 0.642. The van der Waals surface area contributed by atoms with Gasteiger partial charge in [-0.05, 0) is 49.8 Å². The largest absolute Gasteiger partial charge is 0.488 e. The number of H-pyrrole nitrogens is 1. The molecule has 27 heavy (non-hydrogen) atoms. The number of benzene rings is 1. The summed E-state index contributed by atoms with van der Waals surface area (Å²) in [6.45, 7) is 5.77. The lowest BCUT2D eigenvalue weighted by molar-refractivity contribution is -0.694. The highest BCUT2D eigenvalue weighted by molar-refractivity contribution is 7.18. The van der Waals surface area contributed by atoms with Gasteiger partial charge < -0.3 is 15.0 Å². The summed E-state index contributed by atoms with van der Waals surface area (Å²) in [6, 6.07) is 9.90. The lowest BCUT2D eigenvalue weighted by Crippen LogP contribution is -2.86. The van der Waals surface area contributed by atoms with E-state index in [4.69, 9.17) is 9.72 Å². The van der Waals surface area contributed by atoms with Crippen molar-refractivity contribution in [3.05, 3.63) is 57.0 Å². The number of quaternary nitrogens is 1. The molecule has 0 fully saturated rings. The third-order valence-corrected chi connectivity index (χ3v) is 6.41. The van der Waals surface area contributed by atoms with Crippen LogP contribution < -0.4 is 15.6 Å². The molecule has 5 nitrogen and oxygen atoms in total. The minimum atomic E-state index is 0.0165. The van der Waals surface area contributed by atoms with Gasteiger partial charge in [0.25, 0.3) is 5.56 Å². The van der Waals surface area contributed by atoms with Gasteiger partial charge in [0.15, 0.2) is 5.82 Å². The van der Waals surface area contributed by atoms with Crippen LogP contribution in [0, 0.1) is 5.92 Å². The Kier molecular flexibility index (Phi) is 5.27. The molecular weight excluding hydrogens is 358 g/mol. The first-order valence-corrected chi connectivity index (χ1v) is 10.5. The second-order valence-corrected chi connectivity index (χ2v) is 8.54. The average molecular weight is 385 g/mol. The van der Waals surface area contributed by atoms with Crippen LogP contribution in [0.15, 0.2) is 35.1 Å². The smallest absolute Gasteiger partial charge is 0.260 e. The van der Waals surface area contributed by atoms with Crippen molar-refractivity contribution in [1.29, 1.82) is 0 Å². The lowest BCUT2D eigenvalue weighted by atomic mass is 9.89. The van der Waals surface area contributed by atoms with Gasteiger partial charge in [0, 0.05) is 4.88 Å². The van der Waals surface area contributed by atoms with Gasteiger partial charge in [-0.3, -0.25) is 4.79 Å². The lowest BCUT2D eigenvalue weighted by Gasteiger charge is -2.17. The molecule has 142 valence electrons. The Morgan fingerprint density at radius 1 is 1.37 bits per heavy atom. The summed E-state index contributed by atoms with van der Waals surface area (Å²) in [6.07, 6.45) is 3.23. The zero-order valence-corrected chi connectivity index (χ0v) is 16.6. The molecule has 0 saturated heterocycles. The van der Waals surface area contributed by atoms with E-state index >= 15 is 0 Å². The van der Waals surface area contributed by atoms with Crippen LogP contribution in [0.2, 0.25) is 0 Å². The zero-order chi connectivity index (χ0) is 18.8. The van der Waals surface area contributed by atoms with Crippen LogP contribution in [0.3, 0.4) is 0 Å². The molecule has 0 amide bonds. The number of aromatic nitrogens is 2. The van der Waals surface area contributed by atoms with Gasteiger partial charge in [0.1, 0.15) is 29.8 Å². The van der Waals surface area contributed by atoms with E-state index in [1.54, 1.807) is 11.3 Å². The number of fused-ring (bicyclic) bond motifs is 3. The number of nitrogens with two attached hydrogens (primary N) is 1. The van der Waals surface area contributed by atoms with E-state index in [1.165, 1.54) is 10.4 Å². The molecule has 1 aliphatic rings.